The first-order chi connectivity index (χ1) is 17.9. The first kappa shape index (κ1) is 25.3. The highest BCUT2D eigenvalue weighted by atomic mass is 16.2. The summed E-state index contributed by atoms with van der Waals surface area (Å²) in [6.45, 7) is 10.7. The average molecular weight is 499 g/mol. The fraction of sp³-hybridized carbons (Fsp3) is 0.467. The molecule has 0 aliphatic carbocycles. The number of amides is 1. The molecule has 7 heteroatoms. The molecule has 5 rings (SSSR count). The number of nitrogens with zero attached hydrogens (tertiary/aromatic N) is 6. The molecule has 0 radical (unpaired) electrons. The Kier molecular flexibility index (Phi) is 7.51. The minimum Gasteiger partial charge on any atom is -0.363 e. The summed E-state index contributed by atoms with van der Waals surface area (Å²) in [6.07, 6.45) is 7.65. The lowest BCUT2D eigenvalue weighted by atomic mass is 9.85. The molecule has 2 aliphatic heterocycles. The standard InChI is InChI=1S/C30H38N6O/c1-23-28(24(2)33-22-32-23)29(37)34-19-14-30(3,15-20-34)35-17-12-27(13-18-35)36(26-10-5-4-6-11-26)21-25-9-7-8-16-31-25/h4-11,16,22,27H,12-15,17-21H2,1-3H3. The van der Waals surface area contributed by atoms with E-state index in [1.165, 1.54) is 12.0 Å². The van der Waals surface area contributed by atoms with Crippen LogP contribution in [0.3, 0.4) is 0 Å². The highest BCUT2D eigenvalue weighted by Gasteiger charge is 2.39. The smallest absolute Gasteiger partial charge is 0.257 e. The summed E-state index contributed by atoms with van der Waals surface area (Å²) in [4.78, 5) is 33.6. The van der Waals surface area contributed by atoms with Crippen molar-refractivity contribution in [1.29, 1.82) is 0 Å². The molecule has 0 bridgehead atoms. The summed E-state index contributed by atoms with van der Waals surface area (Å²) in [5.74, 6) is 0.0735. The Balaban J connectivity index is 1.22. The van der Waals surface area contributed by atoms with Gasteiger partial charge in [-0.05, 0) is 70.7 Å². The van der Waals surface area contributed by atoms with E-state index in [4.69, 9.17) is 0 Å². The van der Waals surface area contributed by atoms with Crippen molar-refractivity contribution in [3.05, 3.63) is 83.7 Å². The van der Waals surface area contributed by atoms with Crippen molar-refractivity contribution < 1.29 is 4.79 Å². The van der Waals surface area contributed by atoms with Crippen molar-refractivity contribution in [2.75, 3.05) is 31.1 Å². The summed E-state index contributed by atoms with van der Waals surface area (Å²) in [7, 11) is 0. The normalized spacial score (nSPS) is 18.5. The molecule has 0 spiro atoms. The van der Waals surface area contributed by atoms with Crippen LogP contribution in [0.25, 0.3) is 0 Å². The van der Waals surface area contributed by atoms with E-state index in [1.807, 2.05) is 31.0 Å². The van der Waals surface area contributed by atoms with E-state index in [-0.39, 0.29) is 11.4 Å². The maximum atomic E-state index is 13.3. The van der Waals surface area contributed by atoms with Crippen molar-refractivity contribution in [1.82, 2.24) is 24.8 Å². The van der Waals surface area contributed by atoms with E-state index < -0.39 is 0 Å². The molecule has 0 atom stereocenters. The van der Waals surface area contributed by atoms with Gasteiger partial charge < -0.3 is 9.80 Å². The Morgan fingerprint density at radius 1 is 0.919 bits per heavy atom. The van der Waals surface area contributed by atoms with E-state index in [0.29, 0.717) is 11.6 Å². The summed E-state index contributed by atoms with van der Waals surface area (Å²) >= 11 is 0. The van der Waals surface area contributed by atoms with Gasteiger partial charge in [-0.3, -0.25) is 14.7 Å². The van der Waals surface area contributed by atoms with Crippen LogP contribution in [-0.2, 0) is 6.54 Å². The van der Waals surface area contributed by atoms with Crippen LogP contribution in [-0.4, -0.2) is 68.4 Å². The molecule has 0 unspecified atom stereocenters. The van der Waals surface area contributed by atoms with Crippen LogP contribution in [0.5, 0.6) is 0 Å². The number of piperidine rings is 2. The number of anilines is 1. The topological polar surface area (TPSA) is 65.5 Å². The number of carbonyl (C=O) groups excluding carboxylic acids is 1. The minimum absolute atomic E-state index is 0.0735. The van der Waals surface area contributed by atoms with Gasteiger partial charge in [-0.2, -0.15) is 0 Å². The van der Waals surface area contributed by atoms with E-state index in [9.17, 15) is 4.79 Å². The number of benzene rings is 1. The first-order valence-corrected chi connectivity index (χ1v) is 13.5. The maximum absolute atomic E-state index is 13.3. The fourth-order valence-corrected chi connectivity index (χ4v) is 6.00. The zero-order chi connectivity index (χ0) is 25.8. The van der Waals surface area contributed by atoms with Crippen molar-refractivity contribution >= 4 is 11.6 Å². The average Bonchev–Trinajstić information content (AvgIpc) is 2.93. The molecule has 4 heterocycles. The van der Waals surface area contributed by atoms with E-state index in [1.54, 1.807) is 0 Å². The van der Waals surface area contributed by atoms with Crippen molar-refractivity contribution in [2.45, 2.75) is 64.6 Å². The Labute approximate surface area is 220 Å². The van der Waals surface area contributed by atoms with Crippen LogP contribution >= 0.6 is 0 Å². The van der Waals surface area contributed by atoms with Gasteiger partial charge in [0.1, 0.15) is 6.33 Å². The first-order valence-electron chi connectivity index (χ1n) is 13.5. The van der Waals surface area contributed by atoms with E-state index in [0.717, 1.165) is 75.5 Å². The Bertz CT molecular complexity index is 1160. The summed E-state index contributed by atoms with van der Waals surface area (Å²) in [6, 6.07) is 17.4. The minimum atomic E-state index is 0.0735. The molecule has 0 saturated carbocycles. The van der Waals surface area contributed by atoms with Crippen LogP contribution in [0, 0.1) is 13.8 Å². The van der Waals surface area contributed by atoms with Gasteiger partial charge >= 0.3 is 0 Å². The molecule has 0 N–H and O–H groups in total. The number of pyridine rings is 1. The van der Waals surface area contributed by atoms with Crippen molar-refractivity contribution in [3.63, 3.8) is 0 Å². The third kappa shape index (κ3) is 5.52. The number of aryl methyl sites for hydroxylation is 2. The van der Waals surface area contributed by atoms with E-state index in [2.05, 4.69) is 74.1 Å². The summed E-state index contributed by atoms with van der Waals surface area (Å²) in [5, 5.41) is 0. The zero-order valence-electron chi connectivity index (χ0n) is 22.3. The quantitative estimate of drug-likeness (QED) is 0.493. The Hall–Kier alpha value is -3.32. The molecule has 2 aliphatic rings. The highest BCUT2D eigenvalue weighted by Crippen LogP contribution is 2.34. The van der Waals surface area contributed by atoms with Crippen LogP contribution < -0.4 is 4.90 Å². The second-order valence-corrected chi connectivity index (χ2v) is 10.7. The molecule has 2 saturated heterocycles. The zero-order valence-corrected chi connectivity index (χ0v) is 22.3. The van der Waals surface area contributed by atoms with Gasteiger partial charge in [-0.15, -0.1) is 0 Å². The predicted molar refractivity (Wildman–Crippen MR) is 147 cm³/mol. The molecule has 194 valence electrons. The van der Waals surface area contributed by atoms with Gasteiger partial charge in [0.15, 0.2) is 0 Å². The number of likely N-dealkylation sites (tertiary alicyclic amines) is 2. The SMILES string of the molecule is Cc1ncnc(C)c1C(=O)N1CCC(C)(N2CCC(N(Cc3ccccn3)c3ccccc3)CC2)CC1. The van der Waals surface area contributed by atoms with Crippen LogP contribution in [0.4, 0.5) is 5.69 Å². The largest absolute Gasteiger partial charge is 0.363 e. The second-order valence-electron chi connectivity index (χ2n) is 10.7. The third-order valence-corrected chi connectivity index (χ3v) is 8.38. The molecule has 2 fully saturated rings. The monoisotopic (exact) mass is 498 g/mol. The number of hydrogen-bond donors (Lipinski definition) is 0. The number of carbonyl (C=O) groups is 1. The molecule has 37 heavy (non-hydrogen) atoms. The van der Waals surface area contributed by atoms with Gasteiger partial charge in [0.2, 0.25) is 0 Å². The fourth-order valence-electron chi connectivity index (χ4n) is 6.00. The summed E-state index contributed by atoms with van der Waals surface area (Å²) in [5.41, 5.74) is 4.69. The molecular weight excluding hydrogens is 460 g/mol. The van der Waals surface area contributed by atoms with Crippen molar-refractivity contribution in [2.24, 2.45) is 0 Å². The van der Waals surface area contributed by atoms with Crippen LogP contribution in [0.1, 0.15) is 60.0 Å². The van der Waals surface area contributed by atoms with Gasteiger partial charge in [0.05, 0.1) is 29.2 Å². The van der Waals surface area contributed by atoms with Gasteiger partial charge in [0, 0.05) is 49.6 Å². The predicted octanol–water partition coefficient (Wildman–Crippen LogP) is 4.65. The highest BCUT2D eigenvalue weighted by molar-refractivity contribution is 5.96. The molecule has 1 aromatic carbocycles. The molecule has 3 aromatic rings. The summed E-state index contributed by atoms with van der Waals surface area (Å²) < 4.78 is 0. The van der Waals surface area contributed by atoms with Gasteiger partial charge in [-0.25, -0.2) is 9.97 Å². The molecule has 2 aromatic heterocycles. The molecule has 1 amide bonds. The van der Waals surface area contributed by atoms with Gasteiger partial charge in [-0.1, -0.05) is 24.3 Å². The van der Waals surface area contributed by atoms with Crippen LogP contribution in [0.2, 0.25) is 0 Å². The number of para-hydroxylation sites is 1. The maximum Gasteiger partial charge on any atom is 0.257 e. The lowest BCUT2D eigenvalue weighted by Gasteiger charge is -2.50. The molecular formula is C30H38N6O. The number of rotatable bonds is 6. The number of aromatic nitrogens is 3. The Morgan fingerprint density at radius 2 is 1.57 bits per heavy atom. The van der Waals surface area contributed by atoms with Crippen LogP contribution in [0.15, 0.2) is 61.1 Å². The van der Waals surface area contributed by atoms with Crippen molar-refractivity contribution in [3.8, 4) is 0 Å². The van der Waals surface area contributed by atoms with Gasteiger partial charge in [0.25, 0.3) is 5.91 Å². The van der Waals surface area contributed by atoms with E-state index >= 15 is 0 Å². The third-order valence-electron chi connectivity index (χ3n) is 8.38. The Morgan fingerprint density at radius 3 is 2.19 bits per heavy atom. The lowest BCUT2D eigenvalue weighted by Crippen LogP contribution is -2.58. The molecule has 7 nitrogen and oxygen atoms in total. The lowest BCUT2D eigenvalue weighted by molar-refractivity contribution is 0.0170. The number of hydrogen-bond acceptors (Lipinski definition) is 6. The second kappa shape index (κ2) is 11.0.